The van der Waals surface area contributed by atoms with Gasteiger partial charge in [-0.3, -0.25) is 0 Å². The van der Waals surface area contributed by atoms with Gasteiger partial charge in [0.1, 0.15) is 0 Å². The second kappa shape index (κ2) is 3.64. The average Bonchev–Trinajstić information content (AvgIpc) is 2.02. The number of ether oxygens (including phenoxy) is 1. The molecular weight excluding hydrogens is 232 g/mol. The Morgan fingerprint density at radius 1 is 1.62 bits per heavy atom. The molecule has 3 nitrogen and oxygen atoms in total. The van der Waals surface area contributed by atoms with E-state index < -0.39 is 0 Å². The van der Waals surface area contributed by atoms with Crippen LogP contribution in [0.15, 0.2) is 16.7 Å². The Kier molecular flexibility index (Phi) is 2.51. The number of rotatable bonds is 2. The summed E-state index contributed by atoms with van der Waals surface area (Å²) in [6.45, 7) is 2.04. The van der Waals surface area contributed by atoms with Crippen molar-refractivity contribution in [2.75, 3.05) is 20.2 Å². The summed E-state index contributed by atoms with van der Waals surface area (Å²) in [5, 5.41) is 3.23. The molecule has 0 amide bonds. The minimum atomic E-state index is 0.556. The van der Waals surface area contributed by atoms with Crippen molar-refractivity contribution < 1.29 is 4.74 Å². The van der Waals surface area contributed by atoms with E-state index in [1.165, 1.54) is 5.56 Å². The van der Waals surface area contributed by atoms with Crippen molar-refractivity contribution in [3.63, 3.8) is 0 Å². The van der Waals surface area contributed by atoms with Gasteiger partial charge in [0.25, 0.3) is 0 Å². The van der Waals surface area contributed by atoms with Gasteiger partial charge in [0.05, 0.1) is 7.11 Å². The summed E-state index contributed by atoms with van der Waals surface area (Å²) in [5.74, 6) is 1.30. The molecular formula is C9H11BrN2O. The predicted molar refractivity (Wildman–Crippen MR) is 54.1 cm³/mol. The Labute approximate surface area is 85.6 Å². The highest BCUT2D eigenvalue weighted by atomic mass is 79.9. The van der Waals surface area contributed by atoms with Crippen LogP contribution in [0.4, 0.5) is 0 Å². The van der Waals surface area contributed by atoms with Crippen LogP contribution >= 0.6 is 15.9 Å². The summed E-state index contributed by atoms with van der Waals surface area (Å²) in [4.78, 5) is 4.20. The fourth-order valence-electron chi connectivity index (χ4n) is 1.41. The first-order valence-electron chi connectivity index (χ1n) is 4.21. The SMILES string of the molecule is COc1ncc(Br)cc1C1CNC1. The van der Waals surface area contributed by atoms with Crippen molar-refractivity contribution in [3.8, 4) is 5.88 Å². The fourth-order valence-corrected chi connectivity index (χ4v) is 1.76. The van der Waals surface area contributed by atoms with Gasteiger partial charge in [-0.1, -0.05) is 0 Å². The summed E-state index contributed by atoms with van der Waals surface area (Å²) in [6, 6.07) is 2.08. The average molecular weight is 243 g/mol. The van der Waals surface area contributed by atoms with Gasteiger partial charge in [-0.05, 0) is 22.0 Å². The molecule has 1 aliphatic heterocycles. The molecule has 0 radical (unpaired) electrons. The molecule has 2 rings (SSSR count). The molecule has 0 aromatic carbocycles. The van der Waals surface area contributed by atoms with E-state index in [9.17, 15) is 0 Å². The summed E-state index contributed by atoms with van der Waals surface area (Å²) < 4.78 is 6.21. The van der Waals surface area contributed by atoms with Gasteiger partial charge in [-0.25, -0.2) is 4.98 Å². The molecule has 4 heteroatoms. The van der Waals surface area contributed by atoms with E-state index in [-0.39, 0.29) is 0 Å². The van der Waals surface area contributed by atoms with Crippen LogP contribution in [0.2, 0.25) is 0 Å². The first kappa shape index (κ1) is 8.97. The maximum atomic E-state index is 5.20. The quantitative estimate of drug-likeness (QED) is 0.855. The highest BCUT2D eigenvalue weighted by Crippen LogP contribution is 2.29. The molecule has 2 heterocycles. The molecule has 70 valence electrons. The summed E-state index contributed by atoms with van der Waals surface area (Å²) >= 11 is 3.41. The molecule has 0 atom stereocenters. The molecule has 1 N–H and O–H groups in total. The monoisotopic (exact) mass is 242 g/mol. The predicted octanol–water partition coefficient (Wildman–Crippen LogP) is 1.54. The van der Waals surface area contributed by atoms with Gasteiger partial charge in [0, 0.05) is 35.2 Å². The molecule has 0 bridgehead atoms. The molecule has 0 unspecified atom stereocenters. The number of methoxy groups -OCH3 is 1. The number of hydrogen-bond donors (Lipinski definition) is 1. The standard InChI is InChI=1S/C9H11BrN2O/c1-13-9-8(6-3-11-4-6)2-7(10)5-12-9/h2,5-6,11H,3-4H2,1H3. The van der Waals surface area contributed by atoms with E-state index in [0.29, 0.717) is 5.92 Å². The Morgan fingerprint density at radius 3 is 2.92 bits per heavy atom. The molecule has 1 fully saturated rings. The van der Waals surface area contributed by atoms with E-state index in [4.69, 9.17) is 4.74 Å². The molecule has 13 heavy (non-hydrogen) atoms. The number of nitrogens with one attached hydrogen (secondary N) is 1. The minimum Gasteiger partial charge on any atom is -0.481 e. The lowest BCUT2D eigenvalue weighted by Gasteiger charge is -2.28. The topological polar surface area (TPSA) is 34.1 Å². The zero-order valence-electron chi connectivity index (χ0n) is 7.38. The number of pyridine rings is 1. The van der Waals surface area contributed by atoms with Crippen molar-refractivity contribution in [1.29, 1.82) is 0 Å². The smallest absolute Gasteiger partial charge is 0.216 e. The zero-order valence-corrected chi connectivity index (χ0v) is 8.97. The highest BCUT2D eigenvalue weighted by Gasteiger charge is 2.23. The number of hydrogen-bond acceptors (Lipinski definition) is 3. The third-order valence-corrected chi connectivity index (χ3v) is 2.69. The van der Waals surface area contributed by atoms with Crippen molar-refractivity contribution in [2.45, 2.75) is 5.92 Å². The van der Waals surface area contributed by atoms with Crippen LogP contribution in [0.25, 0.3) is 0 Å². The lowest BCUT2D eigenvalue weighted by Crippen LogP contribution is -2.40. The Bertz CT molecular complexity index is 312. The van der Waals surface area contributed by atoms with Gasteiger partial charge < -0.3 is 10.1 Å². The summed E-state index contributed by atoms with van der Waals surface area (Å²) in [5.41, 5.74) is 1.19. The molecule has 1 saturated heterocycles. The van der Waals surface area contributed by atoms with Gasteiger partial charge in [0.2, 0.25) is 5.88 Å². The molecule has 0 saturated carbocycles. The second-order valence-electron chi connectivity index (χ2n) is 3.11. The van der Waals surface area contributed by atoms with Crippen molar-refractivity contribution in [3.05, 3.63) is 22.3 Å². The van der Waals surface area contributed by atoms with Crippen LogP contribution in [-0.2, 0) is 0 Å². The highest BCUT2D eigenvalue weighted by molar-refractivity contribution is 9.10. The van der Waals surface area contributed by atoms with E-state index >= 15 is 0 Å². The summed E-state index contributed by atoms with van der Waals surface area (Å²) in [6.07, 6.45) is 1.76. The Balaban J connectivity index is 2.33. The van der Waals surface area contributed by atoms with Crippen LogP contribution < -0.4 is 10.1 Å². The van der Waals surface area contributed by atoms with Crippen molar-refractivity contribution >= 4 is 15.9 Å². The first-order valence-corrected chi connectivity index (χ1v) is 5.00. The number of halogens is 1. The van der Waals surface area contributed by atoms with E-state index in [1.54, 1.807) is 13.3 Å². The van der Waals surface area contributed by atoms with Crippen molar-refractivity contribution in [1.82, 2.24) is 10.3 Å². The van der Waals surface area contributed by atoms with Crippen LogP contribution in [0, 0.1) is 0 Å². The van der Waals surface area contributed by atoms with Crippen molar-refractivity contribution in [2.24, 2.45) is 0 Å². The molecule has 0 aliphatic carbocycles. The molecule has 0 spiro atoms. The maximum Gasteiger partial charge on any atom is 0.216 e. The van der Waals surface area contributed by atoms with Gasteiger partial charge in [-0.15, -0.1) is 0 Å². The van der Waals surface area contributed by atoms with Crippen LogP contribution in [0.1, 0.15) is 11.5 Å². The van der Waals surface area contributed by atoms with E-state index in [0.717, 1.165) is 23.4 Å². The van der Waals surface area contributed by atoms with Gasteiger partial charge >= 0.3 is 0 Å². The number of aromatic nitrogens is 1. The van der Waals surface area contributed by atoms with Gasteiger partial charge in [0.15, 0.2) is 0 Å². The molecule has 1 aromatic heterocycles. The van der Waals surface area contributed by atoms with Crippen LogP contribution in [-0.4, -0.2) is 25.2 Å². The minimum absolute atomic E-state index is 0.556. The van der Waals surface area contributed by atoms with E-state index in [2.05, 4.69) is 32.3 Å². The maximum absolute atomic E-state index is 5.20. The largest absolute Gasteiger partial charge is 0.481 e. The van der Waals surface area contributed by atoms with Crippen LogP contribution in [0.3, 0.4) is 0 Å². The lowest BCUT2D eigenvalue weighted by molar-refractivity contribution is 0.371. The third-order valence-electron chi connectivity index (χ3n) is 2.26. The van der Waals surface area contributed by atoms with Gasteiger partial charge in [-0.2, -0.15) is 0 Å². The molecule has 1 aromatic rings. The lowest BCUT2D eigenvalue weighted by atomic mass is 9.95. The number of nitrogens with zero attached hydrogens (tertiary/aromatic N) is 1. The second-order valence-corrected chi connectivity index (χ2v) is 4.02. The first-order chi connectivity index (χ1) is 6.31. The zero-order chi connectivity index (χ0) is 9.26. The van der Waals surface area contributed by atoms with E-state index in [1.807, 2.05) is 0 Å². The third kappa shape index (κ3) is 1.69. The molecule has 1 aliphatic rings. The Morgan fingerprint density at radius 2 is 2.38 bits per heavy atom. The normalized spacial score (nSPS) is 16.8. The van der Waals surface area contributed by atoms with Crippen LogP contribution in [0.5, 0.6) is 5.88 Å². The summed E-state index contributed by atoms with van der Waals surface area (Å²) in [7, 11) is 1.66. The Hall–Kier alpha value is -0.610. The fraction of sp³-hybridized carbons (Fsp3) is 0.444.